The Kier molecular flexibility index (Phi) is 3.70. The van der Waals surface area contributed by atoms with Crippen molar-refractivity contribution in [2.24, 2.45) is 0 Å². The summed E-state index contributed by atoms with van der Waals surface area (Å²) >= 11 is 1.67. The van der Waals surface area contributed by atoms with Crippen molar-refractivity contribution in [2.75, 3.05) is 5.32 Å². The third-order valence-electron chi connectivity index (χ3n) is 3.39. The van der Waals surface area contributed by atoms with E-state index >= 15 is 0 Å². The fourth-order valence-corrected chi connectivity index (χ4v) is 3.14. The fraction of sp³-hybridized carbons (Fsp3) is 0.267. The average Bonchev–Trinajstić information content (AvgIpc) is 3.08. The van der Waals surface area contributed by atoms with Crippen LogP contribution in [-0.4, -0.2) is 19.5 Å². The zero-order chi connectivity index (χ0) is 14.8. The maximum Gasteiger partial charge on any atom is 0.161 e. The zero-order valence-electron chi connectivity index (χ0n) is 12.2. The van der Waals surface area contributed by atoms with E-state index in [1.165, 1.54) is 4.88 Å². The molecule has 0 aliphatic heterocycles. The van der Waals surface area contributed by atoms with E-state index < -0.39 is 0 Å². The molecule has 21 heavy (non-hydrogen) atoms. The summed E-state index contributed by atoms with van der Waals surface area (Å²) in [6, 6.07) is 4.16. The van der Waals surface area contributed by atoms with Crippen molar-refractivity contribution in [3.05, 3.63) is 52.6 Å². The number of aromatic nitrogens is 4. The van der Waals surface area contributed by atoms with Crippen LogP contribution in [0.2, 0.25) is 0 Å². The Morgan fingerprint density at radius 2 is 2.05 bits per heavy atom. The topological polar surface area (TPSA) is 55.6 Å². The van der Waals surface area contributed by atoms with E-state index in [4.69, 9.17) is 0 Å². The molecular weight excluding hydrogens is 282 g/mol. The van der Waals surface area contributed by atoms with Gasteiger partial charge in [-0.2, -0.15) is 0 Å². The molecule has 0 bridgehead atoms. The number of aryl methyl sites for hydroxylation is 2. The number of anilines is 1. The minimum absolute atomic E-state index is 0.185. The van der Waals surface area contributed by atoms with E-state index in [-0.39, 0.29) is 6.04 Å². The molecule has 0 fully saturated rings. The number of hydrogen-bond donors (Lipinski definition) is 1. The largest absolute Gasteiger partial charge is 0.375 e. The molecule has 0 amide bonds. The van der Waals surface area contributed by atoms with E-state index in [9.17, 15) is 0 Å². The first-order valence-electron chi connectivity index (χ1n) is 6.78. The Labute approximate surface area is 127 Å². The third-order valence-corrected chi connectivity index (χ3v) is 4.50. The highest BCUT2D eigenvalue weighted by molar-refractivity contribution is 7.09. The van der Waals surface area contributed by atoms with Crippen LogP contribution in [0.3, 0.4) is 0 Å². The summed E-state index contributed by atoms with van der Waals surface area (Å²) in [5.41, 5.74) is 3.94. The lowest BCUT2D eigenvalue weighted by Gasteiger charge is -2.17. The van der Waals surface area contributed by atoms with E-state index in [0.29, 0.717) is 0 Å². The second kappa shape index (κ2) is 5.65. The number of nitrogens with one attached hydrogen (secondary N) is 1. The average molecular weight is 299 g/mol. The Balaban J connectivity index is 1.93. The molecular formula is C15H17N5S. The van der Waals surface area contributed by atoms with E-state index in [0.717, 1.165) is 23.0 Å². The molecule has 0 radical (unpaired) electrons. The van der Waals surface area contributed by atoms with Gasteiger partial charge < -0.3 is 5.32 Å². The van der Waals surface area contributed by atoms with E-state index in [2.05, 4.69) is 27.2 Å². The van der Waals surface area contributed by atoms with Gasteiger partial charge >= 0.3 is 0 Å². The second-order valence-electron chi connectivity index (χ2n) is 4.89. The SMILES string of the molecule is Cc1ncsc1C(C)Nc1cccnc1-n1ccnc1C. The highest BCUT2D eigenvalue weighted by Crippen LogP contribution is 2.27. The molecule has 3 rings (SSSR count). The van der Waals surface area contributed by atoms with Crippen LogP contribution in [0.25, 0.3) is 5.82 Å². The Morgan fingerprint density at radius 1 is 1.19 bits per heavy atom. The van der Waals surface area contributed by atoms with Crippen LogP contribution >= 0.6 is 11.3 Å². The number of rotatable bonds is 4. The van der Waals surface area contributed by atoms with Crippen LogP contribution in [0, 0.1) is 13.8 Å². The first kappa shape index (κ1) is 13.8. The molecule has 108 valence electrons. The first-order chi connectivity index (χ1) is 10.2. The fourth-order valence-electron chi connectivity index (χ4n) is 2.33. The van der Waals surface area contributed by atoms with Gasteiger partial charge in [0, 0.05) is 23.5 Å². The maximum absolute atomic E-state index is 4.49. The first-order valence-corrected chi connectivity index (χ1v) is 7.66. The van der Waals surface area contributed by atoms with Gasteiger partial charge in [0.2, 0.25) is 0 Å². The molecule has 3 aromatic rings. The van der Waals surface area contributed by atoms with Crippen LogP contribution in [0.15, 0.2) is 36.2 Å². The molecule has 5 nitrogen and oxygen atoms in total. The van der Waals surface area contributed by atoms with Crippen LogP contribution in [0.1, 0.15) is 29.4 Å². The summed E-state index contributed by atoms with van der Waals surface area (Å²) in [5.74, 6) is 1.78. The van der Waals surface area contributed by atoms with Gasteiger partial charge in [-0.3, -0.25) is 4.57 Å². The summed E-state index contributed by atoms with van der Waals surface area (Å²) in [5, 5.41) is 3.53. The quantitative estimate of drug-likeness (QED) is 0.801. The highest BCUT2D eigenvalue weighted by atomic mass is 32.1. The summed E-state index contributed by atoms with van der Waals surface area (Å²) < 4.78 is 1.98. The summed E-state index contributed by atoms with van der Waals surface area (Å²) in [7, 11) is 0. The lowest BCUT2D eigenvalue weighted by molar-refractivity contribution is 0.871. The zero-order valence-corrected chi connectivity index (χ0v) is 13.1. The van der Waals surface area contributed by atoms with Crippen molar-refractivity contribution in [1.29, 1.82) is 0 Å². The molecule has 0 saturated carbocycles. The summed E-state index contributed by atoms with van der Waals surface area (Å²) in [6.45, 7) is 6.14. The van der Waals surface area contributed by atoms with Crippen LogP contribution in [-0.2, 0) is 0 Å². The number of pyridine rings is 1. The smallest absolute Gasteiger partial charge is 0.161 e. The second-order valence-corrected chi connectivity index (χ2v) is 5.77. The number of hydrogen-bond acceptors (Lipinski definition) is 5. The molecule has 3 heterocycles. The van der Waals surface area contributed by atoms with Crippen molar-refractivity contribution in [1.82, 2.24) is 19.5 Å². The van der Waals surface area contributed by atoms with Gasteiger partial charge in [-0.25, -0.2) is 15.0 Å². The van der Waals surface area contributed by atoms with Crippen LogP contribution in [0.5, 0.6) is 0 Å². The highest BCUT2D eigenvalue weighted by Gasteiger charge is 2.14. The normalized spacial score (nSPS) is 12.3. The van der Waals surface area contributed by atoms with E-state index in [1.807, 2.05) is 42.3 Å². The molecule has 0 saturated heterocycles. The molecule has 6 heteroatoms. The predicted molar refractivity (Wildman–Crippen MR) is 85.0 cm³/mol. The van der Waals surface area contributed by atoms with Crippen LogP contribution < -0.4 is 5.32 Å². The predicted octanol–water partition coefficient (Wildman–Crippen LogP) is 3.51. The van der Waals surface area contributed by atoms with Gasteiger partial charge in [0.05, 0.1) is 22.9 Å². The van der Waals surface area contributed by atoms with Gasteiger partial charge in [-0.1, -0.05) is 0 Å². The molecule has 0 spiro atoms. The minimum atomic E-state index is 0.185. The number of thiazole rings is 1. The van der Waals surface area contributed by atoms with Crippen molar-refractivity contribution < 1.29 is 0 Å². The number of imidazole rings is 1. The molecule has 0 aliphatic carbocycles. The Morgan fingerprint density at radius 3 is 2.71 bits per heavy atom. The lowest BCUT2D eigenvalue weighted by Crippen LogP contribution is -2.10. The van der Waals surface area contributed by atoms with Crippen molar-refractivity contribution in [3.63, 3.8) is 0 Å². The molecule has 1 atom stereocenters. The summed E-state index contributed by atoms with van der Waals surface area (Å²) in [4.78, 5) is 14.3. The van der Waals surface area contributed by atoms with E-state index in [1.54, 1.807) is 23.7 Å². The lowest BCUT2D eigenvalue weighted by atomic mass is 10.2. The van der Waals surface area contributed by atoms with Gasteiger partial charge in [0.15, 0.2) is 5.82 Å². The standard InChI is InChI=1S/C15H17N5S/c1-10-14(21-9-18-10)11(2)19-13-5-4-6-17-15(13)20-8-7-16-12(20)3/h4-9,11,19H,1-3H3. The number of nitrogens with zero attached hydrogens (tertiary/aromatic N) is 4. The molecule has 3 aromatic heterocycles. The molecule has 1 N–H and O–H groups in total. The van der Waals surface area contributed by atoms with Gasteiger partial charge in [0.25, 0.3) is 0 Å². The Bertz CT molecular complexity index is 746. The monoisotopic (exact) mass is 299 g/mol. The van der Waals surface area contributed by atoms with Gasteiger partial charge in [0.1, 0.15) is 5.82 Å². The molecule has 0 aliphatic rings. The van der Waals surface area contributed by atoms with Crippen molar-refractivity contribution in [2.45, 2.75) is 26.8 Å². The van der Waals surface area contributed by atoms with Gasteiger partial charge in [-0.05, 0) is 32.9 Å². The van der Waals surface area contributed by atoms with Crippen molar-refractivity contribution in [3.8, 4) is 5.82 Å². The molecule has 1 unspecified atom stereocenters. The molecule has 0 aromatic carbocycles. The third kappa shape index (κ3) is 2.67. The van der Waals surface area contributed by atoms with Crippen LogP contribution in [0.4, 0.5) is 5.69 Å². The summed E-state index contributed by atoms with van der Waals surface area (Å²) in [6.07, 6.45) is 5.50. The van der Waals surface area contributed by atoms with Gasteiger partial charge in [-0.15, -0.1) is 11.3 Å². The minimum Gasteiger partial charge on any atom is -0.375 e. The Hall–Kier alpha value is -2.21. The van der Waals surface area contributed by atoms with Crippen molar-refractivity contribution >= 4 is 17.0 Å². The maximum atomic E-state index is 4.49.